The first-order chi connectivity index (χ1) is 24.7. The molecule has 6 aromatic heterocycles. The van der Waals surface area contributed by atoms with Crippen molar-refractivity contribution in [3.05, 3.63) is 124 Å². The number of nitrogens with one attached hydrogen (secondary N) is 5. The van der Waals surface area contributed by atoms with Crippen LogP contribution in [0, 0.1) is 13.8 Å². The second kappa shape index (κ2) is 16.6. The number of nitrogens with zero attached hydrogens (tertiary/aromatic N) is 6. The predicted molar refractivity (Wildman–Crippen MR) is 205 cm³/mol. The molecule has 0 fully saturated rings. The van der Waals surface area contributed by atoms with Gasteiger partial charge in [0.15, 0.2) is 11.6 Å². The summed E-state index contributed by atoms with van der Waals surface area (Å²) in [5.74, 6) is 2.02. The number of imidazole rings is 2. The molecule has 12 nitrogen and oxygen atoms in total. The molecule has 0 bridgehead atoms. The summed E-state index contributed by atoms with van der Waals surface area (Å²) >= 11 is 18.2. The lowest BCUT2D eigenvalue weighted by molar-refractivity contribution is 0.935. The third-order valence-electron chi connectivity index (χ3n) is 7.57. The van der Waals surface area contributed by atoms with Gasteiger partial charge in [0, 0.05) is 75.7 Å². The Morgan fingerprint density at radius 2 is 1.22 bits per heavy atom. The molecule has 8 aromatic rings. The van der Waals surface area contributed by atoms with Gasteiger partial charge in [-0.1, -0.05) is 59.1 Å². The van der Waals surface area contributed by atoms with Crippen molar-refractivity contribution >= 4 is 62.7 Å². The minimum Gasteiger partial charge on any atom is -0.369 e. The molecule has 7 N–H and O–H groups in total. The van der Waals surface area contributed by atoms with Crippen molar-refractivity contribution in [2.45, 2.75) is 26.7 Å². The highest BCUT2D eigenvalue weighted by Crippen LogP contribution is 2.28. The minimum atomic E-state index is 0.444. The van der Waals surface area contributed by atoms with E-state index in [9.17, 15) is 0 Å². The third kappa shape index (κ3) is 9.30. The molecule has 51 heavy (non-hydrogen) atoms. The maximum absolute atomic E-state index is 6.16. The van der Waals surface area contributed by atoms with Gasteiger partial charge in [0.25, 0.3) is 0 Å². The van der Waals surface area contributed by atoms with E-state index in [0.717, 1.165) is 81.2 Å². The van der Waals surface area contributed by atoms with Crippen LogP contribution in [0.15, 0.2) is 85.7 Å². The number of nitrogens with two attached hydrogens (primary N) is 1. The summed E-state index contributed by atoms with van der Waals surface area (Å²) in [5.41, 5.74) is 12.8. The topological polar surface area (TPSA) is 179 Å². The third-order valence-corrected chi connectivity index (χ3v) is 8.33. The summed E-state index contributed by atoms with van der Waals surface area (Å²) in [6.07, 6.45) is 8.68. The van der Waals surface area contributed by atoms with Gasteiger partial charge in [0.1, 0.15) is 22.3 Å². The van der Waals surface area contributed by atoms with Crippen LogP contribution < -0.4 is 11.1 Å². The van der Waals surface area contributed by atoms with Crippen LogP contribution in [0.3, 0.4) is 0 Å². The second-order valence-electron chi connectivity index (χ2n) is 11.6. The Balaban J connectivity index is 0.000000150. The van der Waals surface area contributed by atoms with Gasteiger partial charge < -0.3 is 31.0 Å². The number of hydrogen-bond acceptors (Lipinski definition) is 8. The monoisotopic (exact) mass is 740 g/mol. The number of anilines is 1. The SMILES string of the molecule is Cc1cc2c(Cl)nc(-c3cccc(Cl)c3)nc2[nH]1.Cc1cc2c(NCCc3cnc[nH]3)nc(-c3cccc(Cl)c3)nc2[nH]1.NCCc1cnc[nH]1. The molecule has 0 atom stereocenters. The first-order valence-corrected chi connectivity index (χ1v) is 17.2. The molecular weight excluding hydrogens is 707 g/mol. The van der Waals surface area contributed by atoms with E-state index in [1.54, 1.807) is 18.9 Å². The van der Waals surface area contributed by atoms with Crippen molar-refractivity contribution in [1.29, 1.82) is 0 Å². The molecule has 0 unspecified atom stereocenters. The molecule has 0 saturated carbocycles. The largest absolute Gasteiger partial charge is 0.369 e. The van der Waals surface area contributed by atoms with E-state index in [2.05, 4.69) is 56.2 Å². The number of hydrogen-bond donors (Lipinski definition) is 6. The normalized spacial score (nSPS) is 10.9. The van der Waals surface area contributed by atoms with Crippen LogP contribution in [0.5, 0.6) is 0 Å². The van der Waals surface area contributed by atoms with Crippen LogP contribution >= 0.6 is 34.8 Å². The molecule has 8 rings (SSSR count). The lowest BCUT2D eigenvalue weighted by atomic mass is 10.2. The molecule has 0 radical (unpaired) electrons. The van der Waals surface area contributed by atoms with Crippen molar-refractivity contribution in [2.24, 2.45) is 5.73 Å². The van der Waals surface area contributed by atoms with Crippen LogP contribution in [0.1, 0.15) is 22.8 Å². The van der Waals surface area contributed by atoms with Gasteiger partial charge in [-0.3, -0.25) is 0 Å². The fourth-order valence-corrected chi connectivity index (χ4v) is 5.81. The molecule has 0 aliphatic carbocycles. The average molecular weight is 742 g/mol. The van der Waals surface area contributed by atoms with Gasteiger partial charge in [-0.2, -0.15) is 0 Å². The van der Waals surface area contributed by atoms with Gasteiger partial charge in [-0.15, -0.1) is 0 Å². The van der Waals surface area contributed by atoms with Crippen LogP contribution in [-0.4, -0.2) is 62.9 Å². The highest BCUT2D eigenvalue weighted by atomic mass is 35.5. The van der Waals surface area contributed by atoms with Crippen LogP contribution in [0.25, 0.3) is 44.8 Å². The van der Waals surface area contributed by atoms with E-state index in [0.29, 0.717) is 33.4 Å². The number of H-pyrrole nitrogens is 4. The van der Waals surface area contributed by atoms with Gasteiger partial charge in [0.05, 0.1) is 23.4 Å². The fourth-order valence-electron chi connectivity index (χ4n) is 5.21. The first-order valence-electron chi connectivity index (χ1n) is 16.1. The summed E-state index contributed by atoms with van der Waals surface area (Å²) in [7, 11) is 0. The van der Waals surface area contributed by atoms with E-state index < -0.39 is 0 Å². The fraction of sp³-hybridized carbons (Fsp3) is 0.167. The standard InChI is InChI=1S/C18H17ClN6.C13H9Cl2N3.C5H9N3/c1-11-7-15-17(21-6-5-14-9-20-10-22-14)24-16(25-18(15)23-11)12-3-2-4-13(19)8-12;1-7-5-10-11(15)17-12(18-13(10)16-7)8-3-2-4-9(14)6-8;6-2-1-5-3-7-4-8-5/h2-4,7-10H,5-6H2,1H3,(H,20,22)(H2,21,23,24,25);2-6H,1H3,(H,16,17,18);3-4H,1-2,6H2,(H,7,8). The maximum Gasteiger partial charge on any atom is 0.163 e. The van der Waals surface area contributed by atoms with Crippen LogP contribution in [0.4, 0.5) is 5.82 Å². The first kappa shape index (κ1) is 35.6. The second-order valence-corrected chi connectivity index (χ2v) is 12.8. The molecule has 260 valence electrons. The number of fused-ring (bicyclic) bond motifs is 2. The number of aromatic amines is 4. The molecule has 0 aliphatic heterocycles. The van der Waals surface area contributed by atoms with Crippen molar-refractivity contribution in [3.63, 3.8) is 0 Å². The lowest BCUT2D eigenvalue weighted by Crippen LogP contribution is -2.08. The number of halogens is 3. The Labute approximate surface area is 308 Å². The Bertz CT molecular complexity index is 2330. The zero-order chi connectivity index (χ0) is 35.7. The summed E-state index contributed by atoms with van der Waals surface area (Å²) in [6.45, 7) is 5.39. The molecule has 15 heteroatoms. The van der Waals surface area contributed by atoms with Crippen molar-refractivity contribution in [1.82, 2.24) is 49.8 Å². The van der Waals surface area contributed by atoms with Gasteiger partial charge in [-0.25, -0.2) is 29.9 Å². The number of aromatic nitrogens is 10. The summed E-state index contributed by atoms with van der Waals surface area (Å²) in [5, 5.41) is 6.98. The summed E-state index contributed by atoms with van der Waals surface area (Å²) < 4.78 is 0. The van der Waals surface area contributed by atoms with E-state index in [-0.39, 0.29) is 0 Å². The molecule has 0 amide bonds. The summed E-state index contributed by atoms with van der Waals surface area (Å²) in [6, 6.07) is 18.9. The van der Waals surface area contributed by atoms with Crippen molar-refractivity contribution < 1.29 is 0 Å². The zero-order valence-electron chi connectivity index (χ0n) is 27.8. The van der Waals surface area contributed by atoms with Crippen LogP contribution in [0.2, 0.25) is 15.2 Å². The quantitative estimate of drug-likeness (QED) is 0.0846. The van der Waals surface area contributed by atoms with Gasteiger partial charge in [-0.05, 0) is 56.8 Å². The number of benzene rings is 2. The Morgan fingerprint density at radius 3 is 1.76 bits per heavy atom. The Kier molecular flexibility index (Phi) is 11.6. The van der Waals surface area contributed by atoms with Crippen molar-refractivity contribution in [3.8, 4) is 22.8 Å². The van der Waals surface area contributed by atoms with Crippen molar-refractivity contribution in [2.75, 3.05) is 18.4 Å². The minimum absolute atomic E-state index is 0.444. The summed E-state index contributed by atoms with van der Waals surface area (Å²) in [4.78, 5) is 38.5. The van der Waals surface area contributed by atoms with Gasteiger partial charge >= 0.3 is 0 Å². The lowest BCUT2D eigenvalue weighted by Gasteiger charge is -2.09. The molecule has 0 aliphatic rings. The van der Waals surface area contributed by atoms with E-state index in [1.807, 2.05) is 74.6 Å². The molecule has 6 heterocycles. The Hall–Kier alpha value is -5.27. The van der Waals surface area contributed by atoms with E-state index >= 15 is 0 Å². The molecule has 0 spiro atoms. The average Bonchev–Trinajstić information content (AvgIpc) is 3.94. The molecule has 0 saturated heterocycles. The van der Waals surface area contributed by atoms with Crippen LogP contribution in [-0.2, 0) is 12.8 Å². The van der Waals surface area contributed by atoms with Gasteiger partial charge in [0.2, 0.25) is 0 Å². The molecular formula is C36H35Cl3N12. The predicted octanol–water partition coefficient (Wildman–Crippen LogP) is 8.12. The zero-order valence-corrected chi connectivity index (χ0v) is 30.1. The number of aryl methyl sites for hydroxylation is 2. The smallest absolute Gasteiger partial charge is 0.163 e. The Morgan fingerprint density at radius 1 is 0.667 bits per heavy atom. The maximum atomic E-state index is 6.16. The highest BCUT2D eigenvalue weighted by Gasteiger charge is 2.13. The highest BCUT2D eigenvalue weighted by molar-refractivity contribution is 6.34. The van der Waals surface area contributed by atoms with E-state index in [4.69, 9.17) is 45.5 Å². The van der Waals surface area contributed by atoms with E-state index in [1.165, 1.54) is 0 Å². The number of rotatable bonds is 8. The molecule has 2 aromatic carbocycles.